The highest BCUT2D eigenvalue weighted by Gasteiger charge is 2.38. The number of pyridine rings is 1. The number of aliphatic hydroxyl groups excluding tert-OH is 1. The SMILES string of the molecule is COC(=O)CCCCCCC1C(=O)CCC1C(=O)CC(O)c1ccccn1. The Morgan fingerprint density at radius 1 is 1.26 bits per heavy atom. The molecule has 3 atom stereocenters. The number of ketones is 2. The van der Waals surface area contributed by atoms with Gasteiger partial charge in [0.15, 0.2) is 0 Å². The first-order valence-corrected chi connectivity index (χ1v) is 9.74. The number of carbonyl (C=O) groups is 3. The summed E-state index contributed by atoms with van der Waals surface area (Å²) in [6.07, 6.45) is 6.31. The van der Waals surface area contributed by atoms with Gasteiger partial charge in [0.05, 0.1) is 12.8 Å². The molecule has 1 aromatic rings. The minimum absolute atomic E-state index is 0.00455. The summed E-state index contributed by atoms with van der Waals surface area (Å²) >= 11 is 0. The fourth-order valence-corrected chi connectivity index (χ4v) is 3.77. The van der Waals surface area contributed by atoms with Gasteiger partial charge in [-0.2, -0.15) is 0 Å². The number of carbonyl (C=O) groups excluding carboxylic acids is 3. The maximum atomic E-state index is 12.6. The molecule has 1 heterocycles. The Kier molecular flexibility index (Phi) is 8.58. The number of hydrogen-bond acceptors (Lipinski definition) is 6. The van der Waals surface area contributed by atoms with Crippen molar-refractivity contribution in [1.82, 2.24) is 4.98 Å². The second kappa shape index (κ2) is 10.9. The van der Waals surface area contributed by atoms with Gasteiger partial charge in [-0.15, -0.1) is 0 Å². The lowest BCUT2D eigenvalue weighted by Crippen LogP contribution is -2.24. The molecule has 1 fully saturated rings. The van der Waals surface area contributed by atoms with Crippen LogP contribution in [0, 0.1) is 11.8 Å². The van der Waals surface area contributed by atoms with Crippen molar-refractivity contribution in [3.05, 3.63) is 30.1 Å². The predicted molar refractivity (Wildman–Crippen MR) is 99.8 cm³/mol. The summed E-state index contributed by atoms with van der Waals surface area (Å²) in [5.41, 5.74) is 0.484. The molecule has 3 unspecified atom stereocenters. The van der Waals surface area contributed by atoms with Crippen LogP contribution in [0.2, 0.25) is 0 Å². The first-order chi connectivity index (χ1) is 13.0. The average Bonchev–Trinajstić information content (AvgIpc) is 3.05. The smallest absolute Gasteiger partial charge is 0.305 e. The molecule has 6 heteroatoms. The van der Waals surface area contributed by atoms with Crippen LogP contribution in [0.25, 0.3) is 0 Å². The summed E-state index contributed by atoms with van der Waals surface area (Å²) in [7, 11) is 1.38. The van der Waals surface area contributed by atoms with Crippen molar-refractivity contribution >= 4 is 17.5 Å². The fourth-order valence-electron chi connectivity index (χ4n) is 3.77. The zero-order valence-electron chi connectivity index (χ0n) is 15.9. The van der Waals surface area contributed by atoms with Gasteiger partial charge in [-0.05, 0) is 31.4 Å². The molecule has 0 aromatic carbocycles. The second-order valence-electron chi connectivity index (χ2n) is 7.19. The van der Waals surface area contributed by atoms with Crippen molar-refractivity contribution in [2.24, 2.45) is 11.8 Å². The third kappa shape index (κ3) is 6.54. The van der Waals surface area contributed by atoms with Gasteiger partial charge in [0.1, 0.15) is 17.7 Å². The fraction of sp³-hybridized carbons (Fsp3) is 0.619. The summed E-state index contributed by atoms with van der Waals surface area (Å²) in [6, 6.07) is 5.23. The first kappa shape index (κ1) is 21.2. The van der Waals surface area contributed by atoms with Crippen molar-refractivity contribution in [2.75, 3.05) is 7.11 Å². The Bertz CT molecular complexity index is 631. The largest absolute Gasteiger partial charge is 0.469 e. The zero-order valence-corrected chi connectivity index (χ0v) is 15.9. The number of unbranched alkanes of at least 4 members (excludes halogenated alkanes) is 3. The van der Waals surface area contributed by atoms with E-state index in [4.69, 9.17) is 0 Å². The van der Waals surface area contributed by atoms with Crippen molar-refractivity contribution in [2.45, 2.75) is 63.9 Å². The summed E-state index contributed by atoms with van der Waals surface area (Å²) < 4.78 is 4.61. The summed E-state index contributed by atoms with van der Waals surface area (Å²) in [5.74, 6) is -0.594. The highest BCUT2D eigenvalue weighted by atomic mass is 16.5. The van der Waals surface area contributed by atoms with Crippen LogP contribution in [-0.4, -0.2) is 34.7 Å². The molecule has 0 saturated heterocycles. The third-order valence-electron chi connectivity index (χ3n) is 5.31. The molecule has 148 valence electrons. The molecule has 0 aliphatic heterocycles. The first-order valence-electron chi connectivity index (χ1n) is 9.74. The van der Waals surface area contributed by atoms with E-state index in [1.165, 1.54) is 7.11 Å². The third-order valence-corrected chi connectivity index (χ3v) is 5.31. The van der Waals surface area contributed by atoms with Gasteiger partial charge < -0.3 is 9.84 Å². The molecular formula is C21H29NO5. The van der Waals surface area contributed by atoms with Gasteiger partial charge in [0, 0.05) is 37.3 Å². The van der Waals surface area contributed by atoms with Gasteiger partial charge in [-0.3, -0.25) is 19.4 Å². The van der Waals surface area contributed by atoms with Crippen molar-refractivity contribution in [1.29, 1.82) is 0 Å². The molecule has 1 aliphatic carbocycles. The van der Waals surface area contributed by atoms with Crippen LogP contribution in [0.15, 0.2) is 24.4 Å². The van der Waals surface area contributed by atoms with E-state index in [1.54, 1.807) is 24.4 Å². The number of aromatic nitrogens is 1. The second-order valence-corrected chi connectivity index (χ2v) is 7.19. The number of rotatable bonds is 11. The van der Waals surface area contributed by atoms with Crippen molar-refractivity contribution < 1.29 is 24.2 Å². The van der Waals surface area contributed by atoms with E-state index in [2.05, 4.69) is 9.72 Å². The molecule has 0 bridgehead atoms. The van der Waals surface area contributed by atoms with E-state index < -0.39 is 6.10 Å². The van der Waals surface area contributed by atoms with E-state index in [1.807, 2.05) is 0 Å². The Balaban J connectivity index is 1.77. The maximum Gasteiger partial charge on any atom is 0.305 e. The monoisotopic (exact) mass is 375 g/mol. The van der Waals surface area contributed by atoms with E-state index in [-0.39, 0.29) is 35.8 Å². The lowest BCUT2D eigenvalue weighted by atomic mass is 9.85. The van der Waals surface area contributed by atoms with Crippen LogP contribution in [0.4, 0.5) is 0 Å². The molecule has 1 aliphatic rings. The molecule has 27 heavy (non-hydrogen) atoms. The number of esters is 1. The summed E-state index contributed by atoms with van der Waals surface area (Å²) in [6.45, 7) is 0. The Hall–Kier alpha value is -2.08. The molecule has 0 radical (unpaired) electrons. The molecular weight excluding hydrogens is 346 g/mol. The number of methoxy groups -OCH3 is 1. The number of nitrogens with zero attached hydrogens (tertiary/aromatic N) is 1. The van der Waals surface area contributed by atoms with Gasteiger partial charge in [-0.1, -0.05) is 25.3 Å². The van der Waals surface area contributed by atoms with Crippen LogP contribution in [-0.2, 0) is 19.1 Å². The number of aliphatic hydroxyl groups is 1. The molecule has 1 N–H and O–H groups in total. The van der Waals surface area contributed by atoms with Gasteiger partial charge in [0.2, 0.25) is 0 Å². The topological polar surface area (TPSA) is 93.6 Å². The Morgan fingerprint density at radius 2 is 2.04 bits per heavy atom. The van der Waals surface area contributed by atoms with E-state index in [0.29, 0.717) is 31.4 Å². The Morgan fingerprint density at radius 3 is 2.74 bits per heavy atom. The predicted octanol–water partition coefficient (Wildman–Crippen LogP) is 3.18. The van der Waals surface area contributed by atoms with Crippen LogP contribution >= 0.6 is 0 Å². The number of hydrogen-bond donors (Lipinski definition) is 1. The Labute approximate surface area is 160 Å². The maximum absolute atomic E-state index is 12.6. The molecule has 2 rings (SSSR count). The van der Waals surface area contributed by atoms with Crippen molar-refractivity contribution in [3.63, 3.8) is 0 Å². The lowest BCUT2D eigenvalue weighted by Gasteiger charge is -2.19. The average molecular weight is 375 g/mol. The van der Waals surface area contributed by atoms with E-state index >= 15 is 0 Å². The number of ether oxygens (including phenoxy) is 1. The standard InChI is InChI=1S/C21H29NO5/c1-27-21(26)10-5-3-2-4-8-15-16(11-12-18(15)23)19(24)14-20(25)17-9-6-7-13-22-17/h6-7,9,13,15-16,20,25H,2-5,8,10-12,14H2,1H3. The normalized spacial score (nSPS) is 20.4. The van der Waals surface area contributed by atoms with Crippen LogP contribution in [0.1, 0.15) is 69.6 Å². The highest BCUT2D eigenvalue weighted by Crippen LogP contribution is 2.35. The van der Waals surface area contributed by atoms with Crippen LogP contribution < -0.4 is 0 Å². The summed E-state index contributed by atoms with van der Waals surface area (Å²) in [5, 5.41) is 10.2. The number of Topliss-reactive ketones (excluding diaryl/α,β-unsaturated/α-hetero) is 2. The lowest BCUT2D eigenvalue weighted by molar-refractivity contribution is -0.140. The highest BCUT2D eigenvalue weighted by molar-refractivity contribution is 5.93. The minimum Gasteiger partial charge on any atom is -0.469 e. The molecule has 1 aromatic heterocycles. The molecule has 0 spiro atoms. The quantitative estimate of drug-likeness (QED) is 0.472. The van der Waals surface area contributed by atoms with Gasteiger partial charge >= 0.3 is 5.97 Å². The van der Waals surface area contributed by atoms with Gasteiger partial charge in [0.25, 0.3) is 0 Å². The van der Waals surface area contributed by atoms with Gasteiger partial charge in [-0.25, -0.2) is 0 Å². The van der Waals surface area contributed by atoms with Crippen LogP contribution in [0.5, 0.6) is 0 Å². The minimum atomic E-state index is -0.923. The molecule has 1 saturated carbocycles. The summed E-state index contributed by atoms with van der Waals surface area (Å²) in [4.78, 5) is 40.0. The van der Waals surface area contributed by atoms with Crippen LogP contribution in [0.3, 0.4) is 0 Å². The zero-order chi connectivity index (χ0) is 19.6. The molecule has 6 nitrogen and oxygen atoms in total. The van der Waals surface area contributed by atoms with E-state index in [9.17, 15) is 19.5 Å². The van der Waals surface area contributed by atoms with E-state index in [0.717, 1.165) is 25.7 Å². The van der Waals surface area contributed by atoms with Crippen molar-refractivity contribution in [3.8, 4) is 0 Å². The molecule has 0 amide bonds.